The molecule has 7 nitrogen and oxygen atoms in total. The van der Waals surface area contributed by atoms with E-state index in [1.165, 1.54) is 18.0 Å². The van der Waals surface area contributed by atoms with Gasteiger partial charge in [0, 0.05) is 24.9 Å². The second kappa shape index (κ2) is 10.9. The van der Waals surface area contributed by atoms with Crippen molar-refractivity contribution >= 4 is 17.9 Å². The Morgan fingerprint density at radius 1 is 1.03 bits per heavy atom. The lowest BCUT2D eigenvalue weighted by Gasteiger charge is -2.29. The lowest BCUT2D eigenvalue weighted by Crippen LogP contribution is -2.29. The highest BCUT2D eigenvalue weighted by Crippen LogP contribution is 2.35. The van der Waals surface area contributed by atoms with Gasteiger partial charge in [-0.05, 0) is 93.5 Å². The molecule has 5 rings (SSSR count). The molecule has 0 spiro atoms. The number of anilines is 1. The maximum atomic E-state index is 14.9. The van der Waals surface area contributed by atoms with E-state index < -0.39 is 5.82 Å². The first-order valence-corrected chi connectivity index (χ1v) is 13.2. The van der Waals surface area contributed by atoms with Gasteiger partial charge >= 0.3 is 0 Å². The lowest BCUT2D eigenvalue weighted by molar-refractivity contribution is 0.255. The van der Waals surface area contributed by atoms with Crippen LogP contribution in [-0.4, -0.2) is 44.8 Å². The van der Waals surface area contributed by atoms with Gasteiger partial charge in [-0.25, -0.2) is 9.37 Å². The van der Waals surface area contributed by atoms with Crippen molar-refractivity contribution in [2.45, 2.75) is 37.5 Å². The Hall–Kier alpha value is -3.43. The fourth-order valence-electron chi connectivity index (χ4n) is 4.73. The van der Waals surface area contributed by atoms with Crippen molar-refractivity contribution < 1.29 is 9.13 Å². The van der Waals surface area contributed by atoms with Crippen molar-refractivity contribution in [2.24, 2.45) is 7.05 Å². The van der Waals surface area contributed by atoms with E-state index >= 15 is 0 Å². The zero-order valence-electron chi connectivity index (χ0n) is 21.5. The molecule has 2 aromatic heterocycles. The molecule has 4 aromatic rings. The summed E-state index contributed by atoms with van der Waals surface area (Å²) in [6, 6.07) is 13.1. The number of hydrogen-bond acceptors (Lipinski definition) is 7. The number of likely N-dealkylation sites (tertiary alicyclic amines) is 1. The lowest BCUT2D eigenvalue weighted by atomic mass is 9.89. The van der Waals surface area contributed by atoms with Crippen LogP contribution in [0.3, 0.4) is 0 Å². The summed E-state index contributed by atoms with van der Waals surface area (Å²) in [6.07, 6.45) is 5.75. The first-order valence-electron chi connectivity index (χ1n) is 12.4. The summed E-state index contributed by atoms with van der Waals surface area (Å²) >= 11 is 1.35. The molecule has 0 radical (unpaired) electrons. The molecule has 3 heterocycles. The smallest absolute Gasteiger partial charge is 0.237 e. The fourth-order valence-corrected chi connectivity index (χ4v) is 5.34. The minimum absolute atomic E-state index is 0.174. The Morgan fingerprint density at radius 3 is 2.49 bits per heavy atom. The van der Waals surface area contributed by atoms with Crippen molar-refractivity contribution in [3.63, 3.8) is 0 Å². The molecule has 0 amide bonds. The second-order valence-corrected chi connectivity index (χ2v) is 10.5. The highest BCUT2D eigenvalue weighted by molar-refractivity contribution is 8.00. The van der Waals surface area contributed by atoms with Crippen LogP contribution >= 0.6 is 11.9 Å². The van der Waals surface area contributed by atoms with Crippen molar-refractivity contribution in [1.29, 1.82) is 0 Å². The Labute approximate surface area is 221 Å². The molecule has 2 aromatic carbocycles. The standard InChI is InChI=1S/C28H31FN6OS/c1-18-6-5-7-19(2)27(18)24-15-26(32-28(31-24)33-37-22-16-30-35(4)17-22)36-25-14-21(8-9-23(25)29)20-10-12-34(3)13-11-20/h5-9,14-17,20H,10-13H2,1-4H3,(H,31,32,33). The Morgan fingerprint density at radius 2 is 1.78 bits per heavy atom. The summed E-state index contributed by atoms with van der Waals surface area (Å²) in [7, 11) is 4.00. The van der Waals surface area contributed by atoms with Gasteiger partial charge < -0.3 is 9.64 Å². The third kappa shape index (κ3) is 5.94. The van der Waals surface area contributed by atoms with Crippen molar-refractivity contribution in [3.8, 4) is 22.9 Å². The van der Waals surface area contributed by atoms with Crippen LogP contribution < -0.4 is 9.46 Å². The number of aryl methyl sites for hydroxylation is 3. The van der Waals surface area contributed by atoms with Crippen LogP contribution in [0.25, 0.3) is 11.3 Å². The number of nitrogens with zero attached hydrogens (tertiary/aromatic N) is 5. The molecule has 0 atom stereocenters. The average molecular weight is 519 g/mol. The van der Waals surface area contributed by atoms with Crippen molar-refractivity contribution in [3.05, 3.63) is 77.4 Å². The van der Waals surface area contributed by atoms with E-state index in [4.69, 9.17) is 9.72 Å². The maximum absolute atomic E-state index is 14.9. The van der Waals surface area contributed by atoms with Gasteiger partial charge in [-0.15, -0.1) is 0 Å². The van der Waals surface area contributed by atoms with Gasteiger partial charge in [-0.2, -0.15) is 10.1 Å². The number of benzene rings is 2. The summed E-state index contributed by atoms with van der Waals surface area (Å²) in [5.74, 6) is 0.802. The van der Waals surface area contributed by atoms with Crippen molar-refractivity contribution in [1.82, 2.24) is 24.6 Å². The molecular weight excluding hydrogens is 487 g/mol. The zero-order chi connectivity index (χ0) is 25.9. The molecule has 1 saturated heterocycles. The van der Waals surface area contributed by atoms with Gasteiger partial charge in [-0.1, -0.05) is 24.3 Å². The van der Waals surface area contributed by atoms with E-state index in [2.05, 4.69) is 26.8 Å². The molecule has 1 aliphatic rings. The van der Waals surface area contributed by atoms with E-state index in [0.29, 0.717) is 17.6 Å². The van der Waals surface area contributed by atoms with Gasteiger partial charge in [0.1, 0.15) is 0 Å². The summed E-state index contributed by atoms with van der Waals surface area (Å²) in [5, 5.41) is 4.20. The van der Waals surface area contributed by atoms with Crippen molar-refractivity contribution in [2.75, 3.05) is 24.9 Å². The van der Waals surface area contributed by atoms with Crippen LogP contribution in [0.4, 0.5) is 10.3 Å². The number of nitrogens with one attached hydrogen (secondary N) is 1. The predicted octanol–water partition coefficient (Wildman–Crippen LogP) is 6.35. The normalized spacial score (nSPS) is 14.6. The average Bonchev–Trinajstić information content (AvgIpc) is 3.29. The molecule has 1 aliphatic heterocycles. The molecule has 0 aliphatic carbocycles. The minimum atomic E-state index is -0.414. The van der Waals surface area contributed by atoms with Gasteiger partial charge in [0.05, 0.1) is 16.8 Å². The molecule has 37 heavy (non-hydrogen) atoms. The Bertz CT molecular complexity index is 1380. The number of rotatable bonds is 7. The van der Waals surface area contributed by atoms with Gasteiger partial charge in [0.25, 0.3) is 0 Å². The largest absolute Gasteiger partial charge is 0.436 e. The van der Waals surface area contributed by atoms with E-state index in [1.807, 2.05) is 57.4 Å². The van der Waals surface area contributed by atoms with Crippen LogP contribution in [0.15, 0.2) is 59.8 Å². The first kappa shape index (κ1) is 25.2. The van der Waals surface area contributed by atoms with E-state index in [-0.39, 0.29) is 11.6 Å². The Kier molecular flexibility index (Phi) is 7.43. The van der Waals surface area contributed by atoms with Gasteiger partial charge in [-0.3, -0.25) is 9.40 Å². The van der Waals surface area contributed by atoms with E-state index in [1.54, 1.807) is 16.9 Å². The van der Waals surface area contributed by atoms with Gasteiger partial charge in [0.15, 0.2) is 11.6 Å². The van der Waals surface area contributed by atoms with Crippen LogP contribution in [-0.2, 0) is 7.05 Å². The van der Waals surface area contributed by atoms with E-state index in [9.17, 15) is 4.39 Å². The number of halogens is 1. The zero-order valence-corrected chi connectivity index (χ0v) is 22.3. The summed E-state index contributed by atoms with van der Waals surface area (Å²) in [4.78, 5) is 12.6. The SMILES string of the molecule is Cc1cccc(C)c1-c1cc(Oc2cc(C3CCN(C)CC3)ccc2F)nc(NSc2cnn(C)c2)n1. The maximum Gasteiger partial charge on any atom is 0.237 e. The van der Waals surface area contributed by atoms with Crippen LogP contribution in [0.1, 0.15) is 35.4 Å². The fraction of sp³-hybridized carbons (Fsp3) is 0.321. The molecule has 0 saturated carbocycles. The predicted molar refractivity (Wildman–Crippen MR) is 146 cm³/mol. The second-order valence-electron chi connectivity index (χ2n) is 9.61. The minimum Gasteiger partial charge on any atom is -0.436 e. The summed E-state index contributed by atoms with van der Waals surface area (Å²) in [6.45, 7) is 6.17. The molecule has 9 heteroatoms. The number of hydrogen-bond donors (Lipinski definition) is 1. The quantitative estimate of drug-likeness (QED) is 0.286. The number of ether oxygens (including phenoxy) is 1. The Balaban J connectivity index is 1.47. The number of piperidine rings is 1. The van der Waals surface area contributed by atoms with Crippen LogP contribution in [0.5, 0.6) is 11.6 Å². The monoisotopic (exact) mass is 518 g/mol. The molecule has 0 bridgehead atoms. The molecule has 192 valence electrons. The van der Waals surface area contributed by atoms with Gasteiger partial charge in [0.2, 0.25) is 11.8 Å². The summed E-state index contributed by atoms with van der Waals surface area (Å²) < 4.78 is 25.9. The molecule has 0 unspecified atom stereocenters. The highest BCUT2D eigenvalue weighted by Gasteiger charge is 2.21. The topological polar surface area (TPSA) is 68.1 Å². The van der Waals surface area contributed by atoms with Crippen LogP contribution in [0, 0.1) is 19.7 Å². The molecular formula is C28H31FN6OS. The van der Waals surface area contributed by atoms with E-state index in [0.717, 1.165) is 53.1 Å². The van der Waals surface area contributed by atoms with Crippen LogP contribution in [0.2, 0.25) is 0 Å². The highest BCUT2D eigenvalue weighted by atomic mass is 32.2. The third-order valence-electron chi connectivity index (χ3n) is 6.74. The first-order chi connectivity index (χ1) is 17.9. The number of aromatic nitrogens is 4. The third-order valence-corrected chi connectivity index (χ3v) is 7.47. The molecule has 1 N–H and O–H groups in total. The molecule has 1 fully saturated rings. The summed E-state index contributed by atoms with van der Waals surface area (Å²) in [5.41, 5.74) is 4.99.